The van der Waals surface area contributed by atoms with E-state index >= 15 is 0 Å². The Labute approximate surface area is 129 Å². The van der Waals surface area contributed by atoms with Crippen LogP contribution in [0.1, 0.15) is 6.42 Å². The zero-order valence-electron chi connectivity index (χ0n) is 11.0. The molecule has 0 aromatic heterocycles. The van der Waals surface area contributed by atoms with Gasteiger partial charge in [-0.05, 0) is 28.1 Å². The monoisotopic (exact) mass is 355 g/mol. The maximum Gasteiger partial charge on any atom is 0.322 e. The highest BCUT2D eigenvalue weighted by atomic mass is 79.9. The summed E-state index contributed by atoms with van der Waals surface area (Å²) in [6, 6.07) is 5.55. The highest BCUT2D eigenvalue weighted by Crippen LogP contribution is 2.22. The first-order valence-corrected chi connectivity index (χ1v) is 7.10. The van der Waals surface area contributed by atoms with Gasteiger partial charge in [0.1, 0.15) is 6.04 Å². The Hall–Kier alpha value is -2.09. The smallest absolute Gasteiger partial charge is 0.322 e. The van der Waals surface area contributed by atoms with Gasteiger partial charge in [-0.2, -0.15) is 0 Å². The number of carbonyl (C=O) groups excluding carboxylic acids is 2. The van der Waals surface area contributed by atoms with Crippen LogP contribution in [-0.4, -0.2) is 47.0 Å². The lowest BCUT2D eigenvalue weighted by atomic mass is 10.1. The fourth-order valence-electron chi connectivity index (χ4n) is 2.08. The fraction of sp³-hybridized carbons (Fsp3) is 0.308. The minimum absolute atomic E-state index is 0.264. The number of benzene rings is 1. The molecule has 1 fully saturated rings. The Balaban J connectivity index is 2.14. The molecular formula is C13H14BrN3O4. The lowest BCUT2D eigenvalue weighted by Gasteiger charge is -2.34. The van der Waals surface area contributed by atoms with Crippen LogP contribution < -0.4 is 10.6 Å². The van der Waals surface area contributed by atoms with E-state index in [1.165, 1.54) is 4.90 Å². The van der Waals surface area contributed by atoms with Crippen molar-refractivity contribution in [3.8, 4) is 0 Å². The molecule has 7 nitrogen and oxygen atoms in total. The summed E-state index contributed by atoms with van der Waals surface area (Å²) in [4.78, 5) is 36.1. The normalized spacial score (nSPS) is 18.0. The first-order valence-electron chi connectivity index (χ1n) is 6.30. The van der Waals surface area contributed by atoms with Gasteiger partial charge < -0.3 is 20.6 Å². The molecule has 1 heterocycles. The molecule has 0 spiro atoms. The number of amides is 3. The number of anilines is 1. The summed E-state index contributed by atoms with van der Waals surface area (Å²) in [5, 5.41) is 14.1. The van der Waals surface area contributed by atoms with Crippen LogP contribution in [0.4, 0.5) is 10.5 Å². The van der Waals surface area contributed by atoms with Crippen molar-refractivity contribution in [2.24, 2.45) is 0 Å². The van der Waals surface area contributed by atoms with Gasteiger partial charge in [0, 0.05) is 17.6 Å². The average Bonchev–Trinajstić information content (AvgIpc) is 2.43. The summed E-state index contributed by atoms with van der Waals surface area (Å²) in [7, 11) is 0. The topological polar surface area (TPSA) is 98.7 Å². The molecule has 0 bridgehead atoms. The maximum atomic E-state index is 12.3. The first-order chi connectivity index (χ1) is 9.99. The quantitative estimate of drug-likeness (QED) is 0.759. The van der Waals surface area contributed by atoms with E-state index in [0.29, 0.717) is 16.7 Å². The molecule has 1 aliphatic rings. The highest BCUT2D eigenvalue weighted by molar-refractivity contribution is 9.10. The largest absolute Gasteiger partial charge is 0.481 e. The van der Waals surface area contributed by atoms with E-state index < -0.39 is 30.4 Å². The van der Waals surface area contributed by atoms with Gasteiger partial charge in [-0.1, -0.05) is 12.1 Å². The summed E-state index contributed by atoms with van der Waals surface area (Å²) in [6.45, 7) is 0.568. The summed E-state index contributed by atoms with van der Waals surface area (Å²) < 4.78 is 0.703. The Morgan fingerprint density at radius 1 is 1.43 bits per heavy atom. The fourth-order valence-corrected chi connectivity index (χ4v) is 2.46. The average molecular weight is 356 g/mol. The van der Waals surface area contributed by atoms with Crippen molar-refractivity contribution in [3.05, 3.63) is 28.7 Å². The Morgan fingerprint density at radius 2 is 2.14 bits per heavy atom. The minimum Gasteiger partial charge on any atom is -0.481 e. The number of urea groups is 1. The standard InChI is InChI=1S/C13H14BrN3O4/c14-8-3-1-2-4-9(8)16-13(21)17-6-5-15-12(20)10(17)7-11(18)19/h1-4,10H,5-7H2,(H,15,20)(H,16,21)(H,18,19). The molecule has 1 aliphatic heterocycles. The predicted molar refractivity (Wildman–Crippen MR) is 78.9 cm³/mol. The van der Waals surface area contributed by atoms with Crippen LogP contribution in [0.3, 0.4) is 0 Å². The summed E-state index contributed by atoms with van der Waals surface area (Å²) in [5.74, 6) is -1.58. The minimum atomic E-state index is -1.13. The van der Waals surface area contributed by atoms with Crippen LogP contribution in [0.15, 0.2) is 28.7 Å². The second kappa shape index (κ2) is 6.57. The summed E-state index contributed by atoms with van der Waals surface area (Å²) >= 11 is 3.31. The molecule has 2 rings (SSSR count). The number of carboxylic acids is 1. The van der Waals surface area contributed by atoms with Gasteiger partial charge in [0.05, 0.1) is 12.1 Å². The van der Waals surface area contributed by atoms with Crippen molar-refractivity contribution in [3.63, 3.8) is 0 Å². The van der Waals surface area contributed by atoms with Gasteiger partial charge >= 0.3 is 12.0 Å². The predicted octanol–water partition coefficient (Wildman–Crippen LogP) is 1.26. The molecule has 1 atom stereocenters. The molecule has 21 heavy (non-hydrogen) atoms. The zero-order chi connectivity index (χ0) is 15.4. The van der Waals surface area contributed by atoms with Crippen molar-refractivity contribution in [2.75, 3.05) is 18.4 Å². The molecule has 3 N–H and O–H groups in total. The maximum absolute atomic E-state index is 12.3. The van der Waals surface area contributed by atoms with Crippen molar-refractivity contribution < 1.29 is 19.5 Å². The van der Waals surface area contributed by atoms with Crippen LogP contribution in [0.25, 0.3) is 0 Å². The number of piperazine rings is 1. The number of carbonyl (C=O) groups is 3. The van der Waals surface area contributed by atoms with Gasteiger partial charge in [-0.25, -0.2) is 4.79 Å². The molecule has 0 radical (unpaired) electrons. The van der Waals surface area contributed by atoms with E-state index in [1.54, 1.807) is 24.3 Å². The van der Waals surface area contributed by atoms with Gasteiger partial charge in [0.15, 0.2) is 0 Å². The molecule has 1 aromatic rings. The van der Waals surface area contributed by atoms with E-state index in [-0.39, 0.29) is 6.54 Å². The van der Waals surface area contributed by atoms with Gasteiger partial charge in [-0.3, -0.25) is 9.59 Å². The third-order valence-corrected chi connectivity index (χ3v) is 3.77. The third-order valence-electron chi connectivity index (χ3n) is 3.08. The zero-order valence-corrected chi connectivity index (χ0v) is 12.6. The van der Waals surface area contributed by atoms with Crippen LogP contribution in [0.5, 0.6) is 0 Å². The first kappa shape index (κ1) is 15.3. The van der Waals surface area contributed by atoms with E-state index in [2.05, 4.69) is 26.6 Å². The summed E-state index contributed by atoms with van der Waals surface area (Å²) in [6.07, 6.45) is -0.421. The van der Waals surface area contributed by atoms with E-state index in [9.17, 15) is 14.4 Å². The Bertz CT molecular complexity index is 578. The van der Waals surface area contributed by atoms with Gasteiger partial charge in [-0.15, -0.1) is 0 Å². The van der Waals surface area contributed by atoms with Crippen LogP contribution in [0.2, 0.25) is 0 Å². The van der Waals surface area contributed by atoms with E-state index in [4.69, 9.17) is 5.11 Å². The number of halogens is 1. The molecule has 0 aliphatic carbocycles. The van der Waals surface area contributed by atoms with Crippen LogP contribution >= 0.6 is 15.9 Å². The Morgan fingerprint density at radius 3 is 2.81 bits per heavy atom. The Kier molecular flexibility index (Phi) is 4.79. The lowest BCUT2D eigenvalue weighted by Crippen LogP contribution is -2.58. The van der Waals surface area contributed by atoms with Gasteiger partial charge in [0.25, 0.3) is 0 Å². The molecule has 0 saturated carbocycles. The van der Waals surface area contributed by atoms with Crippen LogP contribution in [-0.2, 0) is 9.59 Å². The van der Waals surface area contributed by atoms with E-state index in [0.717, 1.165) is 0 Å². The van der Waals surface area contributed by atoms with Crippen LogP contribution in [0, 0.1) is 0 Å². The van der Waals surface area contributed by atoms with Gasteiger partial charge in [0.2, 0.25) is 5.91 Å². The summed E-state index contributed by atoms with van der Waals surface area (Å²) in [5.41, 5.74) is 0.558. The van der Waals surface area contributed by atoms with Crippen molar-refractivity contribution in [2.45, 2.75) is 12.5 Å². The number of hydrogen-bond acceptors (Lipinski definition) is 3. The number of para-hydroxylation sites is 1. The molecule has 3 amide bonds. The third kappa shape index (κ3) is 3.72. The van der Waals surface area contributed by atoms with Crippen molar-refractivity contribution >= 4 is 39.5 Å². The SMILES string of the molecule is O=C(O)CC1C(=O)NCCN1C(=O)Nc1ccccc1Br. The molecule has 112 valence electrons. The number of hydrogen-bond donors (Lipinski definition) is 3. The second-order valence-electron chi connectivity index (χ2n) is 4.51. The number of aliphatic carboxylic acids is 1. The molecule has 8 heteroatoms. The number of carboxylic acid groups (broad SMARTS) is 1. The van der Waals surface area contributed by atoms with E-state index in [1.807, 2.05) is 0 Å². The second-order valence-corrected chi connectivity index (χ2v) is 5.36. The highest BCUT2D eigenvalue weighted by Gasteiger charge is 2.34. The molecule has 1 aromatic carbocycles. The lowest BCUT2D eigenvalue weighted by molar-refractivity contribution is -0.142. The molecule has 1 saturated heterocycles. The number of nitrogens with one attached hydrogen (secondary N) is 2. The molecular weight excluding hydrogens is 342 g/mol. The van der Waals surface area contributed by atoms with Crippen molar-refractivity contribution in [1.82, 2.24) is 10.2 Å². The number of rotatable bonds is 3. The molecule has 1 unspecified atom stereocenters. The van der Waals surface area contributed by atoms with Crippen molar-refractivity contribution in [1.29, 1.82) is 0 Å². The number of nitrogens with zero attached hydrogens (tertiary/aromatic N) is 1.